The van der Waals surface area contributed by atoms with Crippen molar-refractivity contribution in [2.45, 2.75) is 25.3 Å². The normalized spacial score (nSPS) is 22.8. The Bertz CT molecular complexity index is 892. The van der Waals surface area contributed by atoms with Crippen molar-refractivity contribution in [3.8, 4) is 0 Å². The average Bonchev–Trinajstić information content (AvgIpc) is 3.37. The largest absolute Gasteiger partial charge is 0.345 e. The highest BCUT2D eigenvalue weighted by Gasteiger charge is 2.38. The molecule has 0 N–H and O–H groups in total. The maximum atomic E-state index is 12.9. The minimum absolute atomic E-state index is 0.0609. The van der Waals surface area contributed by atoms with Crippen molar-refractivity contribution < 1.29 is 9.59 Å². The predicted octanol–water partition coefficient (Wildman–Crippen LogP) is 0.787. The van der Waals surface area contributed by atoms with E-state index < -0.39 is 0 Å². The number of hydrogen-bond donors (Lipinski definition) is 0. The molecule has 4 rings (SSSR count). The van der Waals surface area contributed by atoms with Crippen molar-refractivity contribution in [1.29, 1.82) is 0 Å². The molecule has 0 radical (unpaired) electrons. The van der Waals surface area contributed by atoms with Crippen LogP contribution in [-0.2, 0) is 16.1 Å². The Morgan fingerprint density at radius 1 is 1.32 bits per heavy atom. The lowest BCUT2D eigenvalue weighted by molar-refractivity contribution is -0.134. The first-order valence-corrected chi connectivity index (χ1v) is 9.93. The molecule has 2 aliphatic rings. The zero-order valence-electron chi connectivity index (χ0n) is 16.8. The summed E-state index contributed by atoms with van der Waals surface area (Å²) in [6, 6.07) is 4.02. The van der Waals surface area contributed by atoms with Crippen LogP contribution >= 0.6 is 0 Å². The van der Waals surface area contributed by atoms with E-state index >= 15 is 0 Å². The van der Waals surface area contributed by atoms with Crippen LogP contribution in [0, 0.1) is 5.92 Å². The molecule has 2 saturated heterocycles. The van der Waals surface area contributed by atoms with Crippen LogP contribution in [-0.4, -0.2) is 88.6 Å². The smallest absolute Gasteiger partial charge is 0.228 e. The Morgan fingerprint density at radius 3 is 2.86 bits per heavy atom. The van der Waals surface area contributed by atoms with Gasteiger partial charge in [-0.05, 0) is 32.6 Å². The number of carbonyl (C=O) groups excluding carboxylic acids is 2. The number of aromatic nitrogens is 3. The zero-order chi connectivity index (χ0) is 19.8. The minimum Gasteiger partial charge on any atom is -0.345 e. The minimum atomic E-state index is -0.202. The molecule has 2 atom stereocenters. The molecule has 0 bridgehead atoms. The van der Waals surface area contributed by atoms with Gasteiger partial charge in [-0.15, -0.1) is 0 Å². The lowest BCUT2D eigenvalue weighted by Crippen LogP contribution is -2.35. The number of hydrogen-bond acceptors (Lipinski definition) is 5. The molecular weight excluding hydrogens is 356 g/mol. The second-order valence-electron chi connectivity index (χ2n) is 8.23. The van der Waals surface area contributed by atoms with Crippen molar-refractivity contribution in [2.75, 3.05) is 47.3 Å². The molecule has 2 amide bonds. The zero-order valence-corrected chi connectivity index (χ0v) is 16.8. The van der Waals surface area contributed by atoms with Gasteiger partial charge in [-0.25, -0.2) is 9.67 Å². The van der Waals surface area contributed by atoms with Gasteiger partial charge < -0.3 is 14.7 Å². The van der Waals surface area contributed by atoms with Gasteiger partial charge in [0.25, 0.3) is 0 Å². The van der Waals surface area contributed by atoms with Crippen LogP contribution in [0.2, 0.25) is 0 Å². The summed E-state index contributed by atoms with van der Waals surface area (Å²) in [5, 5.41) is 5.97. The predicted molar refractivity (Wildman–Crippen MR) is 106 cm³/mol. The van der Waals surface area contributed by atoms with Crippen LogP contribution < -0.4 is 0 Å². The summed E-state index contributed by atoms with van der Waals surface area (Å²) < 4.78 is 1.99. The first kappa shape index (κ1) is 18.9. The summed E-state index contributed by atoms with van der Waals surface area (Å²) in [5.74, 6) is 0.180. The molecule has 2 fully saturated rings. The molecule has 150 valence electrons. The summed E-state index contributed by atoms with van der Waals surface area (Å²) in [5.41, 5.74) is 1.95. The van der Waals surface area contributed by atoms with Crippen LogP contribution in [0.3, 0.4) is 0 Å². The molecule has 2 aromatic heterocycles. The maximum Gasteiger partial charge on any atom is 0.228 e. The van der Waals surface area contributed by atoms with E-state index in [0.29, 0.717) is 19.5 Å². The molecule has 2 unspecified atom stereocenters. The molecule has 0 aliphatic carbocycles. The van der Waals surface area contributed by atoms with Gasteiger partial charge >= 0.3 is 0 Å². The van der Waals surface area contributed by atoms with Gasteiger partial charge in [-0.2, -0.15) is 5.10 Å². The van der Waals surface area contributed by atoms with Crippen molar-refractivity contribution in [3.05, 3.63) is 24.0 Å². The monoisotopic (exact) mass is 384 g/mol. The fraction of sp³-hybridized carbons (Fsp3) is 0.600. The Morgan fingerprint density at radius 2 is 2.14 bits per heavy atom. The first-order chi connectivity index (χ1) is 13.4. The first-order valence-electron chi connectivity index (χ1n) is 9.93. The summed E-state index contributed by atoms with van der Waals surface area (Å²) in [7, 11) is 5.86. The van der Waals surface area contributed by atoms with E-state index in [9.17, 15) is 9.59 Å². The fourth-order valence-corrected chi connectivity index (χ4v) is 4.26. The average molecular weight is 384 g/mol. The van der Waals surface area contributed by atoms with Gasteiger partial charge in [0, 0.05) is 57.1 Å². The van der Waals surface area contributed by atoms with E-state index in [0.717, 1.165) is 42.8 Å². The van der Waals surface area contributed by atoms with Gasteiger partial charge in [0.2, 0.25) is 11.8 Å². The number of likely N-dealkylation sites (N-methyl/N-ethyl adjacent to an activating group) is 1. The third-order valence-electron chi connectivity index (χ3n) is 5.87. The van der Waals surface area contributed by atoms with Crippen molar-refractivity contribution in [2.24, 2.45) is 5.92 Å². The summed E-state index contributed by atoms with van der Waals surface area (Å²) in [4.78, 5) is 34.9. The lowest BCUT2D eigenvalue weighted by Gasteiger charge is -2.20. The lowest BCUT2D eigenvalue weighted by atomic mass is 10.0. The number of fused-ring (bicyclic) bond motifs is 1. The highest BCUT2D eigenvalue weighted by atomic mass is 16.2. The molecule has 0 aromatic carbocycles. The standard InChI is InChI=1S/C20H28N6O2/c1-23(2)9-10-26-19-16(5-4-7-21-19)18(22-26)14-6-8-25(13-14)20(28)15-11-17(27)24(3)12-15/h4-5,7,14-15H,6,8-13H2,1-3H3. The molecule has 0 saturated carbocycles. The molecule has 4 heterocycles. The summed E-state index contributed by atoms with van der Waals surface area (Å²) in [6.45, 7) is 3.61. The number of likely N-dealkylation sites (tertiary alicyclic amines) is 2. The van der Waals surface area contributed by atoms with Crippen molar-refractivity contribution in [1.82, 2.24) is 29.5 Å². The Labute approximate surface area is 165 Å². The molecule has 2 aromatic rings. The molecule has 2 aliphatic heterocycles. The number of rotatable bonds is 5. The maximum absolute atomic E-state index is 12.9. The van der Waals surface area contributed by atoms with Crippen LogP contribution in [0.15, 0.2) is 18.3 Å². The van der Waals surface area contributed by atoms with Crippen molar-refractivity contribution >= 4 is 22.8 Å². The molecule has 8 heteroatoms. The number of pyridine rings is 1. The third kappa shape index (κ3) is 3.48. The van der Waals surface area contributed by atoms with Crippen LogP contribution in [0.4, 0.5) is 0 Å². The van der Waals surface area contributed by atoms with Gasteiger partial charge in [0.05, 0.1) is 18.2 Å². The SMILES string of the molecule is CN(C)CCn1nc(C2CCN(C(=O)C3CC(=O)N(C)C3)C2)c2cccnc21. The van der Waals surface area contributed by atoms with Gasteiger partial charge in [-0.3, -0.25) is 9.59 Å². The van der Waals surface area contributed by atoms with E-state index in [2.05, 4.69) is 16.0 Å². The van der Waals surface area contributed by atoms with E-state index in [1.165, 1.54) is 0 Å². The molecule has 8 nitrogen and oxygen atoms in total. The van der Waals surface area contributed by atoms with E-state index in [4.69, 9.17) is 5.10 Å². The topological polar surface area (TPSA) is 74.6 Å². The third-order valence-corrected chi connectivity index (χ3v) is 5.87. The summed E-state index contributed by atoms with van der Waals surface area (Å²) >= 11 is 0. The Balaban J connectivity index is 1.52. The molecule has 0 spiro atoms. The molecular formula is C20H28N6O2. The van der Waals surface area contributed by atoms with Crippen molar-refractivity contribution in [3.63, 3.8) is 0 Å². The number of carbonyl (C=O) groups is 2. The number of amides is 2. The summed E-state index contributed by atoms with van der Waals surface area (Å²) in [6.07, 6.45) is 3.04. The quantitative estimate of drug-likeness (QED) is 0.762. The second kappa shape index (κ2) is 7.50. The van der Waals surface area contributed by atoms with Crippen LogP contribution in [0.1, 0.15) is 24.5 Å². The van der Waals surface area contributed by atoms with E-state index in [-0.39, 0.29) is 23.7 Å². The van der Waals surface area contributed by atoms with E-state index in [1.807, 2.05) is 29.7 Å². The van der Waals surface area contributed by atoms with Gasteiger partial charge in [0.15, 0.2) is 5.65 Å². The number of nitrogens with zero attached hydrogens (tertiary/aromatic N) is 6. The highest BCUT2D eigenvalue weighted by molar-refractivity contribution is 5.89. The Kier molecular flexibility index (Phi) is 5.05. The van der Waals surface area contributed by atoms with E-state index in [1.54, 1.807) is 18.1 Å². The van der Waals surface area contributed by atoms with Gasteiger partial charge in [-0.1, -0.05) is 0 Å². The second-order valence-corrected chi connectivity index (χ2v) is 8.23. The van der Waals surface area contributed by atoms with Crippen LogP contribution in [0.5, 0.6) is 0 Å². The Hall–Kier alpha value is -2.48. The fourth-order valence-electron chi connectivity index (χ4n) is 4.26. The molecule has 28 heavy (non-hydrogen) atoms. The van der Waals surface area contributed by atoms with Crippen LogP contribution in [0.25, 0.3) is 11.0 Å². The highest BCUT2D eigenvalue weighted by Crippen LogP contribution is 2.32. The van der Waals surface area contributed by atoms with Gasteiger partial charge in [0.1, 0.15) is 0 Å².